The molecule has 0 aliphatic rings. The minimum atomic E-state index is -0.754. The summed E-state index contributed by atoms with van der Waals surface area (Å²) in [4.78, 5) is 0. The average molecular weight is 276 g/mol. The molecule has 6 heteroatoms. The van der Waals surface area contributed by atoms with Gasteiger partial charge in [-0.05, 0) is 36.4 Å². The van der Waals surface area contributed by atoms with Gasteiger partial charge in [-0.3, -0.25) is 0 Å². The van der Waals surface area contributed by atoms with Gasteiger partial charge in [-0.1, -0.05) is 5.16 Å². The smallest absolute Gasteiger partial charge is 0.218 e. The Morgan fingerprint density at radius 2 is 2.10 bits per heavy atom. The van der Waals surface area contributed by atoms with Gasteiger partial charge in [0.2, 0.25) is 12.3 Å². The molecule has 1 aromatic heterocycles. The number of hydroxylamine groups is 1. The summed E-state index contributed by atoms with van der Waals surface area (Å²) in [7, 11) is 0. The third-order valence-electron chi connectivity index (χ3n) is 2.82. The molecule has 5 nitrogen and oxygen atoms in total. The molecule has 2 aromatic rings. The van der Waals surface area contributed by atoms with E-state index in [9.17, 15) is 9.60 Å². The van der Waals surface area contributed by atoms with Gasteiger partial charge in [-0.15, -0.1) is 0 Å². The fourth-order valence-corrected chi connectivity index (χ4v) is 1.73. The normalized spacial score (nSPS) is 14.3. The second-order valence-electron chi connectivity index (χ2n) is 4.17. The third kappa shape index (κ3) is 3.03. The zero-order chi connectivity index (χ0) is 14.5. The van der Waals surface area contributed by atoms with Crippen LogP contribution in [0.25, 0.3) is 0 Å². The maximum atomic E-state index is 12.9. The number of nitrogens with zero attached hydrogens (tertiary/aromatic N) is 2. The van der Waals surface area contributed by atoms with E-state index in [-0.39, 0.29) is 5.71 Å². The lowest BCUT2D eigenvalue weighted by Gasteiger charge is -2.13. The first-order valence-electron chi connectivity index (χ1n) is 5.93. The third-order valence-corrected chi connectivity index (χ3v) is 2.82. The first-order chi connectivity index (χ1) is 9.61. The summed E-state index contributed by atoms with van der Waals surface area (Å²) in [5.41, 5.74) is 0.609. The SMILES string of the molecule is CC(C(=NO)c1ccc(F)cc1)[N+]([O-])=Cc1ccco1. The van der Waals surface area contributed by atoms with Crippen LogP contribution >= 0.6 is 0 Å². The molecule has 0 fully saturated rings. The first-order valence-corrected chi connectivity index (χ1v) is 5.93. The minimum absolute atomic E-state index is 0.141. The van der Waals surface area contributed by atoms with Crippen molar-refractivity contribution < 1.29 is 18.8 Å². The van der Waals surface area contributed by atoms with Crippen LogP contribution in [0.2, 0.25) is 0 Å². The van der Waals surface area contributed by atoms with Crippen molar-refractivity contribution in [1.29, 1.82) is 0 Å². The zero-order valence-electron chi connectivity index (χ0n) is 10.7. The van der Waals surface area contributed by atoms with Gasteiger partial charge >= 0.3 is 0 Å². The number of hydrogen-bond acceptors (Lipinski definition) is 4. The van der Waals surface area contributed by atoms with E-state index in [1.807, 2.05) is 0 Å². The van der Waals surface area contributed by atoms with Gasteiger partial charge in [0.1, 0.15) is 5.82 Å². The van der Waals surface area contributed by atoms with Gasteiger partial charge in [-0.2, -0.15) is 4.74 Å². The number of oxime groups is 1. The Balaban J connectivity index is 2.26. The van der Waals surface area contributed by atoms with Crippen molar-refractivity contribution in [2.45, 2.75) is 13.0 Å². The van der Waals surface area contributed by atoms with Gasteiger partial charge in [0.15, 0.2) is 11.5 Å². The van der Waals surface area contributed by atoms with Crippen LogP contribution in [-0.4, -0.2) is 27.9 Å². The monoisotopic (exact) mass is 276 g/mol. The molecule has 1 N–H and O–H groups in total. The highest BCUT2D eigenvalue weighted by Crippen LogP contribution is 2.09. The molecule has 1 heterocycles. The van der Waals surface area contributed by atoms with Gasteiger partial charge < -0.3 is 14.8 Å². The molecule has 0 aliphatic heterocycles. The predicted octanol–water partition coefficient (Wildman–Crippen LogP) is 2.61. The van der Waals surface area contributed by atoms with Crippen molar-refractivity contribution in [3.8, 4) is 0 Å². The number of benzene rings is 1. The van der Waals surface area contributed by atoms with E-state index in [2.05, 4.69) is 5.16 Å². The highest BCUT2D eigenvalue weighted by molar-refractivity contribution is 6.03. The van der Waals surface area contributed by atoms with Crippen molar-refractivity contribution in [1.82, 2.24) is 0 Å². The molecular formula is C14H13FN2O3. The zero-order valence-corrected chi connectivity index (χ0v) is 10.7. The van der Waals surface area contributed by atoms with Crippen LogP contribution in [0.5, 0.6) is 0 Å². The van der Waals surface area contributed by atoms with Crippen LogP contribution in [0.1, 0.15) is 18.2 Å². The topological polar surface area (TPSA) is 71.8 Å². The minimum Gasteiger partial charge on any atom is -0.623 e. The molecule has 20 heavy (non-hydrogen) atoms. The molecule has 0 amide bonds. The quantitative estimate of drug-likeness (QED) is 0.307. The summed E-state index contributed by atoms with van der Waals surface area (Å²) < 4.78 is 18.5. The predicted molar refractivity (Wildman–Crippen MR) is 71.7 cm³/mol. The van der Waals surface area contributed by atoms with Crippen LogP contribution in [0.3, 0.4) is 0 Å². The lowest BCUT2D eigenvalue weighted by atomic mass is 10.0. The Labute approximate surface area is 114 Å². The Bertz CT molecular complexity index is 618. The molecule has 104 valence electrons. The number of halogens is 1. The maximum Gasteiger partial charge on any atom is 0.218 e. The first kappa shape index (κ1) is 13.8. The van der Waals surface area contributed by atoms with Crippen LogP contribution in [0, 0.1) is 11.0 Å². The second kappa shape index (κ2) is 6.01. The Kier molecular flexibility index (Phi) is 4.14. The van der Waals surface area contributed by atoms with E-state index < -0.39 is 11.9 Å². The summed E-state index contributed by atoms with van der Waals surface area (Å²) in [6, 6.07) is 7.90. The fraction of sp³-hybridized carbons (Fsp3) is 0.143. The summed E-state index contributed by atoms with van der Waals surface area (Å²) in [5, 5.41) is 24.2. The van der Waals surface area contributed by atoms with E-state index >= 15 is 0 Å². The van der Waals surface area contributed by atoms with E-state index in [0.29, 0.717) is 16.1 Å². The summed E-state index contributed by atoms with van der Waals surface area (Å²) in [6.45, 7) is 1.57. The molecule has 0 spiro atoms. The highest BCUT2D eigenvalue weighted by atomic mass is 19.1. The van der Waals surface area contributed by atoms with Gasteiger partial charge in [-0.25, -0.2) is 4.39 Å². The van der Waals surface area contributed by atoms with E-state index in [0.717, 1.165) is 0 Å². The molecule has 0 aliphatic carbocycles. The summed E-state index contributed by atoms with van der Waals surface area (Å²) in [5.74, 6) is -0.0110. The Morgan fingerprint density at radius 1 is 1.40 bits per heavy atom. The van der Waals surface area contributed by atoms with Gasteiger partial charge in [0, 0.05) is 12.5 Å². The van der Waals surface area contributed by atoms with Crippen molar-refractivity contribution in [3.63, 3.8) is 0 Å². The van der Waals surface area contributed by atoms with Gasteiger partial charge in [0.05, 0.1) is 6.26 Å². The van der Waals surface area contributed by atoms with Crippen LogP contribution in [-0.2, 0) is 0 Å². The highest BCUT2D eigenvalue weighted by Gasteiger charge is 2.21. The molecular weight excluding hydrogens is 263 g/mol. The standard InChI is InChI=1S/C14H13FN2O3/c1-10(17(19)9-13-3-2-8-20-13)14(16-18)11-4-6-12(15)7-5-11/h2-10,18H,1H3. The lowest BCUT2D eigenvalue weighted by Crippen LogP contribution is -2.29. The molecule has 0 radical (unpaired) electrons. The van der Waals surface area contributed by atoms with Crippen molar-refractivity contribution in [3.05, 3.63) is 65.0 Å². The van der Waals surface area contributed by atoms with E-state index in [1.165, 1.54) is 36.7 Å². The van der Waals surface area contributed by atoms with E-state index in [4.69, 9.17) is 9.62 Å². The summed E-state index contributed by atoms with van der Waals surface area (Å²) in [6.07, 6.45) is 2.70. The maximum absolute atomic E-state index is 12.9. The molecule has 1 aromatic carbocycles. The van der Waals surface area contributed by atoms with Crippen molar-refractivity contribution in [2.24, 2.45) is 5.16 Å². The average Bonchev–Trinajstić information content (AvgIpc) is 2.94. The second-order valence-corrected chi connectivity index (χ2v) is 4.17. The lowest BCUT2D eigenvalue weighted by molar-refractivity contribution is -0.471. The number of hydrogen-bond donors (Lipinski definition) is 1. The number of rotatable bonds is 4. The van der Waals surface area contributed by atoms with Gasteiger partial charge in [0.25, 0.3) is 0 Å². The molecule has 2 rings (SSSR count). The molecule has 0 saturated carbocycles. The van der Waals surface area contributed by atoms with Crippen molar-refractivity contribution in [2.75, 3.05) is 0 Å². The van der Waals surface area contributed by atoms with Crippen LogP contribution < -0.4 is 0 Å². The van der Waals surface area contributed by atoms with Crippen LogP contribution in [0.4, 0.5) is 4.39 Å². The van der Waals surface area contributed by atoms with E-state index in [1.54, 1.807) is 19.1 Å². The molecule has 0 bridgehead atoms. The molecule has 1 unspecified atom stereocenters. The number of furan rings is 1. The Morgan fingerprint density at radius 3 is 2.65 bits per heavy atom. The van der Waals surface area contributed by atoms with Crippen molar-refractivity contribution >= 4 is 11.9 Å². The van der Waals surface area contributed by atoms with Crippen LogP contribution in [0.15, 0.2) is 52.2 Å². The molecule has 0 saturated heterocycles. The Hall–Kier alpha value is -2.63. The largest absolute Gasteiger partial charge is 0.623 e. The molecule has 1 atom stereocenters. The summed E-state index contributed by atoms with van der Waals surface area (Å²) >= 11 is 0. The fourth-order valence-electron chi connectivity index (χ4n) is 1.73.